The zero-order chi connectivity index (χ0) is 17.0. The molecule has 0 heterocycles. The molecule has 1 amide bonds. The molecule has 0 spiro atoms. The number of nitrogens with zero attached hydrogens (tertiary/aromatic N) is 2. The van der Waals surface area contributed by atoms with E-state index in [2.05, 4.69) is 5.32 Å². The lowest BCUT2D eigenvalue weighted by atomic mass is 10.1. The number of hydrogen-bond donors (Lipinski definition) is 2. The number of hydrogen-bond acceptors (Lipinski definition) is 5. The first kappa shape index (κ1) is 15.9. The van der Waals surface area contributed by atoms with Gasteiger partial charge in [0.15, 0.2) is 0 Å². The summed E-state index contributed by atoms with van der Waals surface area (Å²) >= 11 is 0. The molecule has 2 aromatic carbocycles. The van der Waals surface area contributed by atoms with Gasteiger partial charge >= 0.3 is 0 Å². The summed E-state index contributed by atoms with van der Waals surface area (Å²) in [6, 6.07) is 9.51. The Morgan fingerprint density at radius 2 is 1.96 bits per heavy atom. The number of benzene rings is 2. The maximum Gasteiger partial charge on any atom is 0.293 e. The van der Waals surface area contributed by atoms with Gasteiger partial charge in [0.05, 0.1) is 16.6 Å². The first-order chi connectivity index (χ1) is 10.9. The number of carbonyl (C=O) groups excluding carboxylic acids is 1. The van der Waals surface area contributed by atoms with E-state index in [0.717, 1.165) is 18.2 Å². The second-order valence-corrected chi connectivity index (χ2v) is 4.63. The van der Waals surface area contributed by atoms with Crippen molar-refractivity contribution in [3.8, 4) is 6.07 Å². The Hall–Kier alpha value is -3.47. The molecular formula is C15H11FN4O3. The smallest absolute Gasteiger partial charge is 0.293 e. The number of carbonyl (C=O) groups is 1. The van der Waals surface area contributed by atoms with E-state index >= 15 is 0 Å². The van der Waals surface area contributed by atoms with Crippen LogP contribution in [0.1, 0.15) is 17.2 Å². The molecule has 8 heteroatoms. The van der Waals surface area contributed by atoms with Gasteiger partial charge in [0.1, 0.15) is 17.5 Å². The van der Waals surface area contributed by atoms with Gasteiger partial charge in [-0.1, -0.05) is 12.1 Å². The van der Waals surface area contributed by atoms with Crippen LogP contribution in [-0.4, -0.2) is 10.8 Å². The van der Waals surface area contributed by atoms with E-state index in [1.807, 2.05) is 0 Å². The van der Waals surface area contributed by atoms with Gasteiger partial charge in [-0.15, -0.1) is 0 Å². The molecule has 1 atom stereocenters. The Morgan fingerprint density at radius 1 is 1.30 bits per heavy atom. The quantitative estimate of drug-likeness (QED) is 0.647. The van der Waals surface area contributed by atoms with Crippen LogP contribution < -0.4 is 11.1 Å². The predicted octanol–water partition coefficient (Wildman–Crippen LogP) is 2.24. The first-order valence-corrected chi connectivity index (χ1v) is 6.42. The van der Waals surface area contributed by atoms with Crippen molar-refractivity contribution in [1.82, 2.24) is 0 Å². The molecule has 0 fully saturated rings. The number of nitro benzene ring substituents is 1. The van der Waals surface area contributed by atoms with E-state index in [9.17, 15) is 19.3 Å². The van der Waals surface area contributed by atoms with Gasteiger partial charge < -0.3 is 11.1 Å². The fraction of sp³-hybridized carbons (Fsp3) is 0.0667. The summed E-state index contributed by atoms with van der Waals surface area (Å²) in [6.07, 6.45) is 0. The van der Waals surface area contributed by atoms with Crippen molar-refractivity contribution in [1.29, 1.82) is 5.26 Å². The highest BCUT2D eigenvalue weighted by Gasteiger charge is 2.22. The van der Waals surface area contributed by atoms with Gasteiger partial charge in [-0.05, 0) is 29.8 Å². The molecule has 7 nitrogen and oxygen atoms in total. The van der Waals surface area contributed by atoms with Crippen molar-refractivity contribution in [2.75, 3.05) is 5.32 Å². The number of primary amides is 1. The molecule has 116 valence electrons. The highest BCUT2D eigenvalue weighted by atomic mass is 19.1. The number of nitriles is 1. The number of anilines is 1. The minimum absolute atomic E-state index is 0.0297. The Kier molecular flexibility index (Phi) is 4.52. The average Bonchev–Trinajstić information content (AvgIpc) is 2.53. The van der Waals surface area contributed by atoms with E-state index in [4.69, 9.17) is 11.0 Å². The standard InChI is InChI=1S/C15H11FN4O3/c16-11-4-2-10(3-5-11)14(15(18)21)19-12-6-1-9(8-17)7-13(12)20(22)23/h1-7,14,19H,(H2,18,21). The summed E-state index contributed by atoms with van der Waals surface area (Å²) in [5, 5.41) is 22.6. The van der Waals surface area contributed by atoms with Crippen molar-refractivity contribution in [3.05, 3.63) is 69.5 Å². The van der Waals surface area contributed by atoms with Gasteiger partial charge in [-0.2, -0.15) is 5.26 Å². The highest BCUT2D eigenvalue weighted by molar-refractivity contribution is 5.85. The van der Waals surface area contributed by atoms with Crippen molar-refractivity contribution >= 4 is 17.3 Å². The zero-order valence-corrected chi connectivity index (χ0v) is 11.7. The van der Waals surface area contributed by atoms with E-state index in [1.54, 1.807) is 6.07 Å². The first-order valence-electron chi connectivity index (χ1n) is 6.42. The van der Waals surface area contributed by atoms with Crippen molar-refractivity contribution in [3.63, 3.8) is 0 Å². The summed E-state index contributed by atoms with van der Waals surface area (Å²) in [5.41, 5.74) is 5.46. The van der Waals surface area contributed by atoms with Crippen molar-refractivity contribution < 1.29 is 14.1 Å². The number of nitro groups is 1. The molecule has 0 radical (unpaired) electrons. The third-order valence-corrected chi connectivity index (χ3v) is 3.11. The van der Waals surface area contributed by atoms with Crippen LogP contribution >= 0.6 is 0 Å². The van der Waals surface area contributed by atoms with Gasteiger partial charge in [-0.3, -0.25) is 14.9 Å². The van der Waals surface area contributed by atoms with Gasteiger partial charge in [0.2, 0.25) is 5.91 Å². The van der Waals surface area contributed by atoms with Crippen LogP contribution in [0.2, 0.25) is 0 Å². The fourth-order valence-electron chi connectivity index (χ4n) is 2.00. The highest BCUT2D eigenvalue weighted by Crippen LogP contribution is 2.29. The van der Waals surface area contributed by atoms with Crippen LogP contribution in [0.5, 0.6) is 0 Å². The third kappa shape index (κ3) is 3.59. The minimum Gasteiger partial charge on any atom is -0.368 e. The number of nitrogens with two attached hydrogens (primary N) is 1. The molecular weight excluding hydrogens is 303 g/mol. The number of halogens is 1. The van der Waals surface area contributed by atoms with Crippen LogP contribution in [-0.2, 0) is 4.79 Å². The number of nitrogens with one attached hydrogen (secondary N) is 1. The van der Waals surface area contributed by atoms with Crippen LogP contribution in [0.25, 0.3) is 0 Å². The monoisotopic (exact) mass is 314 g/mol. The SMILES string of the molecule is N#Cc1ccc(NC(C(N)=O)c2ccc(F)cc2)c([N+](=O)[O-])c1. The van der Waals surface area contributed by atoms with Gasteiger partial charge in [-0.25, -0.2) is 4.39 Å². The largest absolute Gasteiger partial charge is 0.368 e. The molecule has 2 rings (SSSR count). The van der Waals surface area contributed by atoms with E-state index in [-0.39, 0.29) is 16.9 Å². The zero-order valence-electron chi connectivity index (χ0n) is 11.7. The molecule has 2 aromatic rings. The Morgan fingerprint density at radius 3 is 2.48 bits per heavy atom. The number of amides is 1. The van der Waals surface area contributed by atoms with Crippen LogP contribution in [0.3, 0.4) is 0 Å². The number of rotatable bonds is 5. The van der Waals surface area contributed by atoms with Crippen LogP contribution in [0.4, 0.5) is 15.8 Å². The van der Waals surface area contributed by atoms with Crippen LogP contribution in [0.15, 0.2) is 42.5 Å². The second-order valence-electron chi connectivity index (χ2n) is 4.63. The van der Waals surface area contributed by atoms with E-state index in [1.165, 1.54) is 24.3 Å². The van der Waals surface area contributed by atoms with Crippen molar-refractivity contribution in [2.45, 2.75) is 6.04 Å². The summed E-state index contributed by atoms with van der Waals surface area (Å²) in [5.74, 6) is -1.27. The van der Waals surface area contributed by atoms with Gasteiger partial charge in [0, 0.05) is 6.07 Å². The molecule has 0 aromatic heterocycles. The third-order valence-electron chi connectivity index (χ3n) is 3.11. The molecule has 1 unspecified atom stereocenters. The average molecular weight is 314 g/mol. The summed E-state index contributed by atoms with van der Waals surface area (Å²) < 4.78 is 13.0. The summed E-state index contributed by atoms with van der Waals surface area (Å²) in [6.45, 7) is 0. The molecule has 23 heavy (non-hydrogen) atoms. The van der Waals surface area contributed by atoms with Gasteiger partial charge in [0.25, 0.3) is 5.69 Å². The van der Waals surface area contributed by atoms with Crippen molar-refractivity contribution in [2.24, 2.45) is 5.73 Å². The molecule has 0 saturated carbocycles. The van der Waals surface area contributed by atoms with Crippen LogP contribution in [0, 0.1) is 27.3 Å². The summed E-state index contributed by atoms with van der Waals surface area (Å²) in [7, 11) is 0. The Labute approximate surface area is 130 Å². The summed E-state index contributed by atoms with van der Waals surface area (Å²) in [4.78, 5) is 22.1. The molecule has 0 aliphatic carbocycles. The Bertz CT molecular complexity index is 799. The normalized spacial score (nSPS) is 11.3. The van der Waals surface area contributed by atoms with E-state index < -0.39 is 22.7 Å². The topological polar surface area (TPSA) is 122 Å². The molecule has 0 aliphatic heterocycles. The minimum atomic E-state index is -1.08. The lowest BCUT2D eigenvalue weighted by Gasteiger charge is -2.17. The Balaban J connectivity index is 2.41. The second kappa shape index (κ2) is 6.53. The lowest BCUT2D eigenvalue weighted by molar-refractivity contribution is -0.384. The molecule has 0 saturated heterocycles. The molecule has 0 bridgehead atoms. The maximum atomic E-state index is 13.0. The van der Waals surface area contributed by atoms with E-state index in [0.29, 0.717) is 5.56 Å². The maximum absolute atomic E-state index is 13.0. The predicted molar refractivity (Wildman–Crippen MR) is 79.8 cm³/mol. The molecule has 3 N–H and O–H groups in total. The lowest BCUT2D eigenvalue weighted by Crippen LogP contribution is -2.28. The fourth-order valence-corrected chi connectivity index (χ4v) is 2.00. The molecule has 0 aliphatic rings.